The van der Waals surface area contributed by atoms with Crippen LogP contribution in [-0.2, 0) is 6.54 Å². The molecule has 0 amide bonds. The van der Waals surface area contributed by atoms with Crippen LogP contribution < -0.4 is 16.3 Å². The fourth-order valence-corrected chi connectivity index (χ4v) is 3.77. The summed E-state index contributed by atoms with van der Waals surface area (Å²) in [5, 5.41) is 12.6. The van der Waals surface area contributed by atoms with E-state index < -0.39 is 0 Å². The van der Waals surface area contributed by atoms with Gasteiger partial charge in [0.25, 0.3) is 0 Å². The molecule has 0 bridgehead atoms. The van der Waals surface area contributed by atoms with Gasteiger partial charge in [-0.3, -0.25) is 4.68 Å². The lowest BCUT2D eigenvalue weighted by Gasteiger charge is -2.10. The molecule has 0 radical (unpaired) electrons. The largest absolute Gasteiger partial charge is 0.423 e. The first-order chi connectivity index (χ1) is 14.4. The van der Waals surface area contributed by atoms with Crippen molar-refractivity contribution in [2.75, 3.05) is 10.6 Å². The molecule has 30 heavy (non-hydrogen) atoms. The summed E-state index contributed by atoms with van der Waals surface area (Å²) in [5.41, 5.74) is 2.76. The number of halogens is 2. The van der Waals surface area contributed by atoms with Crippen LogP contribution in [-0.4, -0.2) is 14.9 Å². The van der Waals surface area contributed by atoms with Crippen LogP contribution >= 0.6 is 39.7 Å². The maximum Gasteiger partial charge on any atom is 0.336 e. The Bertz CT molecular complexity index is 1300. The normalized spacial score (nSPS) is 10.9. The molecule has 0 spiro atoms. The molecular weight excluding hydrogens is 488 g/mol. The minimum atomic E-state index is -0.381. The molecule has 2 N–H and O–H groups in total. The van der Waals surface area contributed by atoms with E-state index >= 15 is 0 Å². The summed E-state index contributed by atoms with van der Waals surface area (Å²) in [4.78, 5) is 11.6. The summed E-state index contributed by atoms with van der Waals surface area (Å²) >= 11 is 14.8. The average Bonchev–Trinajstić information content (AvgIpc) is 3.01. The van der Waals surface area contributed by atoms with Crippen LogP contribution in [0.3, 0.4) is 0 Å². The standard InChI is InChI=1S/C21H16BrClN4O2S/c1-12-8-19(28)29-18-9-15(6-7-16(12)18)24-21(30)25-20-17(22)11-27(26-20)10-13-2-4-14(23)5-3-13/h2-9,11H,10H2,1H3,(H2,24,25,26,30). The van der Waals surface area contributed by atoms with Crippen LogP contribution in [0.5, 0.6) is 0 Å². The van der Waals surface area contributed by atoms with Crippen LogP contribution in [0.4, 0.5) is 11.5 Å². The number of anilines is 2. The van der Waals surface area contributed by atoms with Crippen LogP contribution in [0.15, 0.2) is 68.4 Å². The van der Waals surface area contributed by atoms with E-state index in [2.05, 4.69) is 31.7 Å². The third-order valence-electron chi connectivity index (χ3n) is 4.42. The molecule has 0 saturated heterocycles. The predicted octanol–water partition coefficient (Wildman–Crippen LogP) is 5.57. The van der Waals surface area contributed by atoms with E-state index in [1.165, 1.54) is 6.07 Å². The van der Waals surface area contributed by atoms with Gasteiger partial charge < -0.3 is 15.1 Å². The van der Waals surface area contributed by atoms with Gasteiger partial charge in [0, 0.05) is 34.4 Å². The molecule has 0 saturated carbocycles. The van der Waals surface area contributed by atoms with Crippen molar-refractivity contribution in [1.29, 1.82) is 0 Å². The Balaban J connectivity index is 1.46. The second-order valence-electron chi connectivity index (χ2n) is 6.69. The van der Waals surface area contributed by atoms with Gasteiger partial charge in [0.2, 0.25) is 0 Å². The van der Waals surface area contributed by atoms with Crippen molar-refractivity contribution in [3.8, 4) is 0 Å². The van der Waals surface area contributed by atoms with E-state index in [1.54, 1.807) is 10.7 Å². The zero-order valence-corrected chi connectivity index (χ0v) is 18.9. The molecule has 152 valence electrons. The highest BCUT2D eigenvalue weighted by Crippen LogP contribution is 2.23. The van der Waals surface area contributed by atoms with E-state index in [0.29, 0.717) is 33.8 Å². The molecule has 0 unspecified atom stereocenters. The topological polar surface area (TPSA) is 72.1 Å². The van der Waals surface area contributed by atoms with Crippen molar-refractivity contribution in [3.05, 3.63) is 85.8 Å². The highest BCUT2D eigenvalue weighted by molar-refractivity contribution is 9.10. The second-order valence-corrected chi connectivity index (χ2v) is 8.39. The molecule has 4 aromatic rings. The molecule has 6 nitrogen and oxygen atoms in total. The molecule has 0 fully saturated rings. The summed E-state index contributed by atoms with van der Waals surface area (Å²) in [6, 6.07) is 14.6. The van der Waals surface area contributed by atoms with E-state index in [-0.39, 0.29) is 5.63 Å². The third-order valence-corrected chi connectivity index (χ3v) is 5.45. The van der Waals surface area contributed by atoms with Gasteiger partial charge in [-0.05, 0) is 70.5 Å². The first-order valence-electron chi connectivity index (χ1n) is 8.97. The summed E-state index contributed by atoms with van der Waals surface area (Å²) < 4.78 is 7.85. The molecule has 2 aromatic heterocycles. The Morgan fingerprint density at radius 3 is 2.73 bits per heavy atom. The smallest absolute Gasteiger partial charge is 0.336 e. The van der Waals surface area contributed by atoms with Crippen LogP contribution in [0, 0.1) is 6.92 Å². The third kappa shape index (κ3) is 4.72. The zero-order chi connectivity index (χ0) is 21.3. The number of hydrogen-bond acceptors (Lipinski definition) is 4. The van der Waals surface area contributed by atoms with E-state index in [9.17, 15) is 4.79 Å². The average molecular weight is 504 g/mol. The fourth-order valence-electron chi connectivity index (χ4n) is 3.01. The Labute approximate surface area is 191 Å². The molecule has 0 aliphatic rings. The minimum absolute atomic E-state index is 0.363. The maximum atomic E-state index is 11.6. The number of thiocarbonyl (C=S) groups is 1. The number of nitrogens with zero attached hydrogens (tertiary/aromatic N) is 2. The van der Waals surface area contributed by atoms with Crippen molar-refractivity contribution >= 4 is 67.3 Å². The summed E-state index contributed by atoms with van der Waals surface area (Å²) in [7, 11) is 0. The molecule has 2 heterocycles. The summed E-state index contributed by atoms with van der Waals surface area (Å²) in [6.45, 7) is 2.47. The number of aryl methyl sites for hydroxylation is 1. The molecular formula is C21H16BrClN4O2S. The number of fused-ring (bicyclic) bond motifs is 1. The van der Waals surface area contributed by atoms with Crippen molar-refractivity contribution in [1.82, 2.24) is 9.78 Å². The predicted molar refractivity (Wildman–Crippen MR) is 128 cm³/mol. The van der Waals surface area contributed by atoms with Gasteiger partial charge in [-0.15, -0.1) is 0 Å². The number of aromatic nitrogens is 2. The van der Waals surface area contributed by atoms with E-state index in [0.717, 1.165) is 21.0 Å². The highest BCUT2D eigenvalue weighted by Gasteiger charge is 2.10. The monoisotopic (exact) mass is 502 g/mol. The van der Waals surface area contributed by atoms with Gasteiger partial charge in [0.1, 0.15) is 5.58 Å². The second kappa shape index (κ2) is 8.59. The Kier molecular flexibility index (Phi) is 5.90. The van der Waals surface area contributed by atoms with Gasteiger partial charge in [-0.25, -0.2) is 4.79 Å². The maximum absolute atomic E-state index is 11.6. The first kappa shape index (κ1) is 20.6. The van der Waals surface area contributed by atoms with Gasteiger partial charge in [-0.2, -0.15) is 5.10 Å². The van der Waals surface area contributed by atoms with E-state index in [1.807, 2.05) is 49.5 Å². The molecule has 0 atom stereocenters. The van der Waals surface area contributed by atoms with Crippen molar-refractivity contribution in [2.45, 2.75) is 13.5 Å². The minimum Gasteiger partial charge on any atom is -0.423 e. The highest BCUT2D eigenvalue weighted by atomic mass is 79.9. The zero-order valence-electron chi connectivity index (χ0n) is 15.8. The summed E-state index contributed by atoms with van der Waals surface area (Å²) in [5.74, 6) is 0.588. The van der Waals surface area contributed by atoms with Gasteiger partial charge in [0.05, 0.1) is 11.0 Å². The molecule has 2 aromatic carbocycles. The van der Waals surface area contributed by atoms with Crippen molar-refractivity contribution in [2.24, 2.45) is 0 Å². The number of benzene rings is 2. The van der Waals surface area contributed by atoms with Gasteiger partial charge in [0.15, 0.2) is 10.9 Å². The molecule has 9 heteroatoms. The quantitative estimate of drug-likeness (QED) is 0.280. The summed E-state index contributed by atoms with van der Waals surface area (Å²) in [6.07, 6.45) is 1.87. The molecule has 0 aliphatic heterocycles. The van der Waals surface area contributed by atoms with Crippen molar-refractivity contribution < 1.29 is 4.42 Å². The van der Waals surface area contributed by atoms with Crippen LogP contribution in [0.25, 0.3) is 11.0 Å². The number of nitrogens with one attached hydrogen (secondary N) is 2. The lowest BCUT2D eigenvalue weighted by Crippen LogP contribution is -2.19. The number of hydrogen-bond donors (Lipinski definition) is 2. The lowest BCUT2D eigenvalue weighted by atomic mass is 10.1. The number of rotatable bonds is 4. The van der Waals surface area contributed by atoms with Crippen LogP contribution in [0.2, 0.25) is 5.02 Å². The van der Waals surface area contributed by atoms with Crippen molar-refractivity contribution in [3.63, 3.8) is 0 Å². The van der Waals surface area contributed by atoms with Crippen LogP contribution in [0.1, 0.15) is 11.1 Å². The Morgan fingerprint density at radius 1 is 1.20 bits per heavy atom. The fraction of sp³-hybridized carbons (Fsp3) is 0.0952. The molecule has 4 rings (SSSR count). The Morgan fingerprint density at radius 2 is 1.97 bits per heavy atom. The van der Waals surface area contributed by atoms with Gasteiger partial charge >= 0.3 is 5.63 Å². The van der Waals surface area contributed by atoms with E-state index in [4.69, 9.17) is 28.2 Å². The van der Waals surface area contributed by atoms with Gasteiger partial charge in [-0.1, -0.05) is 23.7 Å². The first-order valence-corrected chi connectivity index (χ1v) is 10.6. The SMILES string of the molecule is Cc1cc(=O)oc2cc(NC(=S)Nc3nn(Cc4ccc(Cl)cc4)cc3Br)ccc12. The molecule has 0 aliphatic carbocycles. The Hall–Kier alpha value is -2.68. The lowest BCUT2D eigenvalue weighted by molar-refractivity contribution is 0.560.